The molecule has 0 saturated carbocycles. The highest BCUT2D eigenvalue weighted by atomic mass is 79.9. The molecule has 0 bridgehead atoms. The van der Waals surface area contributed by atoms with Gasteiger partial charge < -0.3 is 24.4 Å². The van der Waals surface area contributed by atoms with Crippen molar-refractivity contribution in [2.24, 2.45) is 5.92 Å². The van der Waals surface area contributed by atoms with E-state index in [1.807, 2.05) is 65.7 Å². The molecular formula is C35H25BrN2O6. The first-order valence-electron chi connectivity index (χ1n) is 14.2. The van der Waals surface area contributed by atoms with Crippen LogP contribution in [0.25, 0.3) is 6.08 Å². The van der Waals surface area contributed by atoms with Gasteiger partial charge in [0.15, 0.2) is 23.1 Å². The second kappa shape index (κ2) is 9.82. The molecule has 4 aromatic rings. The van der Waals surface area contributed by atoms with Gasteiger partial charge in [0, 0.05) is 23.0 Å². The number of amides is 1. The minimum atomic E-state index is -1.42. The first-order valence-corrected chi connectivity index (χ1v) is 15.0. The van der Waals surface area contributed by atoms with E-state index in [4.69, 9.17) is 14.2 Å². The first-order chi connectivity index (χ1) is 21.4. The Balaban J connectivity index is 1.40. The summed E-state index contributed by atoms with van der Waals surface area (Å²) in [5, 5.41) is 3.07. The van der Waals surface area contributed by atoms with E-state index in [1.54, 1.807) is 43.5 Å². The van der Waals surface area contributed by atoms with Crippen LogP contribution in [0.1, 0.15) is 43.4 Å². The van der Waals surface area contributed by atoms with E-state index >= 15 is 4.79 Å². The summed E-state index contributed by atoms with van der Waals surface area (Å²) in [5.74, 6) is -0.464. The molecule has 4 heterocycles. The van der Waals surface area contributed by atoms with E-state index in [1.165, 1.54) is 0 Å². The number of carbonyl (C=O) groups is 3. The molecule has 44 heavy (non-hydrogen) atoms. The predicted octanol–water partition coefficient (Wildman–Crippen LogP) is 6.17. The van der Waals surface area contributed by atoms with Crippen LogP contribution in [0.2, 0.25) is 0 Å². The molecule has 0 radical (unpaired) electrons. The standard InChI is InChI=1S/C35H25BrN2O6/c1-42-26-12-10-20(16-24(26)36)32(40)30-29(31(39)21-11-13-27-28(17-21)44-18-43-27)35(23-8-4-5-9-25(23)37-34(35)41)33-22-7-3-2-6-19(22)14-15-38(30)33/h2-17,29-30,33H,18H2,1H3,(H,37,41)/t29-,30-,33+,35-/m0/s1. The van der Waals surface area contributed by atoms with Crippen LogP contribution in [0.3, 0.4) is 0 Å². The highest BCUT2D eigenvalue weighted by Gasteiger charge is 2.70. The zero-order valence-corrected chi connectivity index (χ0v) is 25.0. The number of nitrogens with one attached hydrogen (secondary N) is 1. The number of ether oxygens (including phenoxy) is 3. The van der Waals surface area contributed by atoms with E-state index in [2.05, 4.69) is 21.2 Å². The Morgan fingerprint density at radius 2 is 1.68 bits per heavy atom. The van der Waals surface area contributed by atoms with Crippen LogP contribution in [0.5, 0.6) is 17.2 Å². The summed E-state index contributed by atoms with van der Waals surface area (Å²) in [4.78, 5) is 46.3. The fourth-order valence-electron chi connectivity index (χ4n) is 7.39. The summed E-state index contributed by atoms with van der Waals surface area (Å²) in [6, 6.07) is 23.8. The normalized spacial score (nSPS) is 23.6. The molecule has 1 N–H and O–H groups in total. The molecule has 0 unspecified atom stereocenters. The molecule has 0 aromatic heterocycles. The maximum atomic E-state index is 15.0. The molecule has 4 aliphatic rings. The molecule has 1 amide bonds. The van der Waals surface area contributed by atoms with Gasteiger partial charge in [-0.2, -0.15) is 0 Å². The number of para-hydroxylation sites is 1. The molecule has 1 fully saturated rings. The van der Waals surface area contributed by atoms with Gasteiger partial charge in [0.2, 0.25) is 12.7 Å². The average molecular weight is 649 g/mol. The van der Waals surface area contributed by atoms with Crippen LogP contribution >= 0.6 is 15.9 Å². The molecule has 1 saturated heterocycles. The SMILES string of the molecule is COc1ccc(C(=O)[C@@H]2[C@@H](C(=O)c3ccc4c(c3)OCO4)[C@]3(C(=O)Nc4ccccc43)[C@H]3c4ccccc4C=CN23)cc1Br. The molecule has 4 atom stereocenters. The van der Waals surface area contributed by atoms with E-state index in [-0.39, 0.29) is 24.3 Å². The number of ketones is 2. The van der Waals surface area contributed by atoms with Crippen molar-refractivity contribution in [2.75, 3.05) is 19.2 Å². The van der Waals surface area contributed by atoms with Gasteiger partial charge >= 0.3 is 0 Å². The lowest BCUT2D eigenvalue weighted by atomic mass is 9.62. The topological polar surface area (TPSA) is 94.2 Å². The number of halogens is 1. The number of nitrogens with zero attached hydrogens (tertiary/aromatic N) is 1. The Morgan fingerprint density at radius 1 is 0.932 bits per heavy atom. The Kier molecular flexibility index (Phi) is 5.96. The van der Waals surface area contributed by atoms with Crippen LogP contribution in [0, 0.1) is 5.92 Å². The highest BCUT2D eigenvalue weighted by Crippen LogP contribution is 2.62. The second-order valence-corrected chi connectivity index (χ2v) is 12.1. The molecule has 8 rings (SSSR count). The third-order valence-corrected chi connectivity index (χ3v) is 9.83. The minimum Gasteiger partial charge on any atom is -0.496 e. The summed E-state index contributed by atoms with van der Waals surface area (Å²) in [6.45, 7) is 0.0566. The van der Waals surface area contributed by atoms with E-state index in [0.717, 1.165) is 11.1 Å². The van der Waals surface area contributed by atoms with E-state index < -0.39 is 23.4 Å². The van der Waals surface area contributed by atoms with Crippen molar-refractivity contribution in [2.45, 2.75) is 17.5 Å². The summed E-state index contributed by atoms with van der Waals surface area (Å²) in [5.41, 5.74) is 2.43. The number of fused-ring (bicyclic) bond motifs is 7. The van der Waals surface area contributed by atoms with Gasteiger partial charge in [-0.25, -0.2) is 0 Å². The third-order valence-electron chi connectivity index (χ3n) is 9.21. The van der Waals surface area contributed by atoms with Gasteiger partial charge in [0.05, 0.1) is 23.5 Å². The van der Waals surface area contributed by atoms with Crippen molar-refractivity contribution in [3.63, 3.8) is 0 Å². The Morgan fingerprint density at radius 3 is 2.52 bits per heavy atom. The zero-order chi connectivity index (χ0) is 30.2. The van der Waals surface area contributed by atoms with Crippen molar-refractivity contribution in [1.29, 1.82) is 0 Å². The largest absolute Gasteiger partial charge is 0.496 e. The highest BCUT2D eigenvalue weighted by molar-refractivity contribution is 9.10. The molecule has 218 valence electrons. The number of benzene rings is 4. The summed E-state index contributed by atoms with van der Waals surface area (Å²) in [6.07, 6.45) is 3.80. The quantitative estimate of drug-likeness (QED) is 0.259. The van der Waals surface area contributed by atoms with Crippen molar-refractivity contribution >= 4 is 45.2 Å². The van der Waals surface area contributed by atoms with Crippen LogP contribution in [0.15, 0.2) is 95.6 Å². The number of Topliss-reactive ketones (excluding diaryl/α,β-unsaturated/α-hetero) is 2. The van der Waals surface area contributed by atoms with Gasteiger partial charge in [0.1, 0.15) is 17.2 Å². The van der Waals surface area contributed by atoms with Gasteiger partial charge in [0.25, 0.3) is 0 Å². The Hall–Kier alpha value is -4.89. The number of hydrogen-bond donors (Lipinski definition) is 1. The van der Waals surface area contributed by atoms with Crippen LogP contribution in [-0.2, 0) is 10.2 Å². The van der Waals surface area contributed by atoms with Crippen molar-refractivity contribution < 1.29 is 28.6 Å². The van der Waals surface area contributed by atoms with Crippen molar-refractivity contribution in [1.82, 2.24) is 4.90 Å². The Labute approximate surface area is 261 Å². The fraction of sp³-hybridized carbons (Fsp3) is 0.171. The molecule has 4 aliphatic heterocycles. The second-order valence-electron chi connectivity index (χ2n) is 11.2. The smallest absolute Gasteiger partial charge is 0.238 e. The Bertz CT molecular complexity index is 1940. The lowest BCUT2D eigenvalue weighted by Gasteiger charge is -2.38. The number of methoxy groups -OCH3 is 1. The average Bonchev–Trinajstić information content (AvgIpc) is 3.73. The van der Waals surface area contributed by atoms with E-state index in [0.29, 0.717) is 44.1 Å². The number of rotatable bonds is 5. The molecule has 1 spiro atoms. The van der Waals surface area contributed by atoms with Crippen LogP contribution in [-0.4, -0.2) is 42.3 Å². The first kappa shape index (κ1) is 26.7. The lowest BCUT2D eigenvalue weighted by Crippen LogP contribution is -2.49. The maximum absolute atomic E-state index is 15.0. The molecule has 9 heteroatoms. The summed E-state index contributed by atoms with van der Waals surface area (Å²) < 4.78 is 17.1. The fourth-order valence-corrected chi connectivity index (χ4v) is 7.93. The summed E-state index contributed by atoms with van der Waals surface area (Å²) >= 11 is 3.51. The number of hydrogen-bond acceptors (Lipinski definition) is 7. The maximum Gasteiger partial charge on any atom is 0.238 e. The number of anilines is 1. The van der Waals surface area contributed by atoms with Gasteiger partial charge in [-0.1, -0.05) is 42.5 Å². The molecule has 4 aromatic carbocycles. The lowest BCUT2D eigenvalue weighted by molar-refractivity contribution is -0.122. The van der Waals surface area contributed by atoms with Crippen LogP contribution in [0.4, 0.5) is 5.69 Å². The molecule has 0 aliphatic carbocycles. The minimum absolute atomic E-state index is 0.0566. The van der Waals surface area contributed by atoms with Crippen LogP contribution < -0.4 is 19.5 Å². The van der Waals surface area contributed by atoms with Gasteiger partial charge in [-0.3, -0.25) is 14.4 Å². The van der Waals surface area contributed by atoms with Crippen molar-refractivity contribution in [3.8, 4) is 17.2 Å². The monoisotopic (exact) mass is 648 g/mol. The third kappa shape index (κ3) is 3.59. The summed E-state index contributed by atoms with van der Waals surface area (Å²) in [7, 11) is 1.55. The van der Waals surface area contributed by atoms with E-state index in [9.17, 15) is 9.59 Å². The van der Waals surface area contributed by atoms with Gasteiger partial charge in [-0.05, 0) is 81.2 Å². The molecular weight excluding hydrogens is 624 g/mol. The number of carbonyl (C=O) groups excluding carboxylic acids is 3. The van der Waals surface area contributed by atoms with Gasteiger partial charge in [-0.15, -0.1) is 0 Å². The molecule has 8 nitrogen and oxygen atoms in total. The van der Waals surface area contributed by atoms with Crippen molar-refractivity contribution in [3.05, 3.63) is 123 Å². The predicted molar refractivity (Wildman–Crippen MR) is 166 cm³/mol. The zero-order valence-electron chi connectivity index (χ0n) is 23.5.